The molecule has 11 unspecified atom stereocenters. The molecule has 0 amide bonds. The summed E-state index contributed by atoms with van der Waals surface area (Å²) >= 11 is 0. The largest absolute Gasteiger partial charge is 0.462 e. The van der Waals surface area contributed by atoms with Crippen LogP contribution in [0.25, 0.3) is 0 Å². The lowest BCUT2D eigenvalue weighted by Crippen LogP contribution is -2.61. The average Bonchev–Trinajstić information content (AvgIpc) is 3.37. The third kappa shape index (κ3) is 31.1. The van der Waals surface area contributed by atoms with Gasteiger partial charge in [0.15, 0.2) is 18.7 Å². The van der Waals surface area contributed by atoms with Crippen molar-refractivity contribution in [3.05, 3.63) is 24.3 Å². The highest BCUT2D eigenvalue weighted by atomic mass is 16.7. The Labute approximate surface area is 434 Å². The van der Waals surface area contributed by atoms with E-state index in [9.17, 15) is 45.3 Å². The first-order valence-corrected chi connectivity index (χ1v) is 28.9. The number of aliphatic hydroxyl groups is 7. The second kappa shape index (κ2) is 44.1. The molecule has 422 valence electrons. The zero-order chi connectivity index (χ0) is 52.4. The smallest absolute Gasteiger partial charge is 0.306 e. The zero-order valence-corrected chi connectivity index (χ0v) is 44.9. The fourth-order valence-corrected chi connectivity index (χ4v) is 9.18. The van der Waals surface area contributed by atoms with Crippen LogP contribution in [0.1, 0.15) is 232 Å². The molecular formula is C57H104O15. The van der Waals surface area contributed by atoms with E-state index >= 15 is 0 Å². The van der Waals surface area contributed by atoms with Crippen molar-refractivity contribution in [2.45, 2.75) is 300 Å². The van der Waals surface area contributed by atoms with Crippen LogP contribution in [0, 0.1) is 0 Å². The highest BCUT2D eigenvalue weighted by Gasteiger charge is 2.47. The number of hydrogen-bond acceptors (Lipinski definition) is 15. The van der Waals surface area contributed by atoms with E-state index in [4.69, 9.17) is 28.4 Å². The third-order valence-corrected chi connectivity index (χ3v) is 13.9. The number of unbranched alkanes of at least 4 members (excludes halogenated alkanes) is 28. The van der Waals surface area contributed by atoms with Gasteiger partial charge in [-0.2, -0.15) is 0 Å². The minimum Gasteiger partial charge on any atom is -0.462 e. The Balaban J connectivity index is 1.73. The highest BCUT2D eigenvalue weighted by molar-refractivity contribution is 5.70. The third-order valence-electron chi connectivity index (χ3n) is 13.9. The summed E-state index contributed by atoms with van der Waals surface area (Å²) in [6.07, 6.45) is 30.6. The molecule has 0 bridgehead atoms. The molecule has 0 aromatic heterocycles. The summed E-state index contributed by atoms with van der Waals surface area (Å²) in [6, 6.07) is 0. The average molecular weight is 1030 g/mol. The molecule has 2 heterocycles. The van der Waals surface area contributed by atoms with Crippen LogP contribution >= 0.6 is 0 Å². The molecule has 2 aliphatic heterocycles. The van der Waals surface area contributed by atoms with Crippen LogP contribution in [0.4, 0.5) is 0 Å². The molecule has 0 spiro atoms. The summed E-state index contributed by atoms with van der Waals surface area (Å²) in [5.41, 5.74) is 0. The van der Waals surface area contributed by atoms with Gasteiger partial charge in [-0.3, -0.25) is 9.59 Å². The van der Waals surface area contributed by atoms with E-state index < -0.39 is 92.7 Å². The van der Waals surface area contributed by atoms with Crippen molar-refractivity contribution < 1.29 is 73.8 Å². The highest BCUT2D eigenvalue weighted by Crippen LogP contribution is 2.27. The van der Waals surface area contributed by atoms with E-state index in [0.717, 1.165) is 64.2 Å². The van der Waals surface area contributed by atoms with Crippen molar-refractivity contribution in [3.8, 4) is 0 Å². The van der Waals surface area contributed by atoms with Gasteiger partial charge in [0.1, 0.15) is 55.4 Å². The first-order chi connectivity index (χ1) is 35.0. The number of hydrogen-bond donors (Lipinski definition) is 7. The molecule has 7 N–H and O–H groups in total. The molecule has 2 rings (SSSR count). The van der Waals surface area contributed by atoms with Crippen LogP contribution in [0.3, 0.4) is 0 Å². The molecule has 72 heavy (non-hydrogen) atoms. The number of esters is 2. The van der Waals surface area contributed by atoms with Gasteiger partial charge in [0.05, 0.1) is 19.8 Å². The maximum absolute atomic E-state index is 13.0. The van der Waals surface area contributed by atoms with Gasteiger partial charge in [0.25, 0.3) is 0 Å². The number of ether oxygens (including phenoxy) is 6. The standard InChI is InChI=1S/C57H104O15/c1-3-5-7-9-11-13-15-17-19-20-21-22-23-24-25-26-28-29-31-33-35-37-39-48(59)67-42-45(70-49(60)40-38-36-34-32-30-27-18-16-14-12-10-8-6-4-2)43-68-56-55(66)53(64)51(62)47(72-56)44-69-57-54(65)52(63)50(61)46(41-58)71-57/h10,12,16,18,45-47,50-58,61-66H,3-9,11,13-15,17,19-44H2,1-2H3/b12-10-,18-16-. The van der Waals surface area contributed by atoms with Gasteiger partial charge in [-0.1, -0.05) is 205 Å². The second-order valence-corrected chi connectivity index (χ2v) is 20.5. The molecular weight excluding hydrogens is 925 g/mol. The van der Waals surface area contributed by atoms with Crippen LogP contribution < -0.4 is 0 Å². The summed E-state index contributed by atoms with van der Waals surface area (Å²) < 4.78 is 33.7. The Bertz CT molecular complexity index is 1350. The zero-order valence-electron chi connectivity index (χ0n) is 44.9. The van der Waals surface area contributed by atoms with Crippen LogP contribution in [0.15, 0.2) is 24.3 Å². The normalized spacial score (nSPS) is 25.1. The maximum Gasteiger partial charge on any atom is 0.306 e. The van der Waals surface area contributed by atoms with Crippen molar-refractivity contribution >= 4 is 11.9 Å². The molecule has 2 fully saturated rings. The number of rotatable bonds is 46. The van der Waals surface area contributed by atoms with E-state index in [1.807, 2.05) is 0 Å². The maximum atomic E-state index is 13.0. The minimum atomic E-state index is -1.77. The minimum absolute atomic E-state index is 0.152. The lowest BCUT2D eigenvalue weighted by molar-refractivity contribution is -0.332. The summed E-state index contributed by atoms with van der Waals surface area (Å²) in [5.74, 6) is -0.930. The molecule has 0 aromatic rings. The van der Waals surface area contributed by atoms with Crippen molar-refractivity contribution in [3.63, 3.8) is 0 Å². The first kappa shape index (κ1) is 66.1. The first-order valence-electron chi connectivity index (χ1n) is 28.9. The fourth-order valence-electron chi connectivity index (χ4n) is 9.18. The number of carbonyl (C=O) groups is 2. The summed E-state index contributed by atoms with van der Waals surface area (Å²) in [4.78, 5) is 25.8. The SMILES string of the molecule is CCCC/C=C\C/C=C\CCCCCCCC(=O)OC(COC(=O)CCCCCCCCCCCCCCCCCCCCCCCC)COC1OC(COC2OC(CO)C(O)C(O)C2O)C(O)C(O)C1O. The monoisotopic (exact) mass is 1030 g/mol. The van der Waals surface area contributed by atoms with Crippen LogP contribution in [0.5, 0.6) is 0 Å². The van der Waals surface area contributed by atoms with E-state index in [-0.39, 0.29) is 26.1 Å². The molecule has 2 aliphatic rings. The van der Waals surface area contributed by atoms with E-state index in [0.29, 0.717) is 12.8 Å². The van der Waals surface area contributed by atoms with E-state index in [2.05, 4.69) is 38.2 Å². The van der Waals surface area contributed by atoms with Crippen molar-refractivity contribution in [1.82, 2.24) is 0 Å². The summed E-state index contributed by atoms with van der Waals surface area (Å²) in [7, 11) is 0. The molecule has 2 saturated heterocycles. The summed E-state index contributed by atoms with van der Waals surface area (Å²) in [5, 5.41) is 72.2. The molecule has 0 radical (unpaired) electrons. The molecule has 0 saturated carbocycles. The number of carbonyl (C=O) groups excluding carboxylic acids is 2. The van der Waals surface area contributed by atoms with Gasteiger partial charge in [-0.05, 0) is 38.5 Å². The molecule has 15 nitrogen and oxygen atoms in total. The van der Waals surface area contributed by atoms with Crippen molar-refractivity contribution in [2.24, 2.45) is 0 Å². The van der Waals surface area contributed by atoms with Crippen LogP contribution in [-0.2, 0) is 38.0 Å². The van der Waals surface area contributed by atoms with Gasteiger partial charge in [0.2, 0.25) is 0 Å². The predicted molar refractivity (Wildman–Crippen MR) is 280 cm³/mol. The van der Waals surface area contributed by atoms with E-state index in [1.165, 1.54) is 128 Å². The summed E-state index contributed by atoms with van der Waals surface area (Å²) in [6.45, 7) is 2.57. The van der Waals surface area contributed by atoms with Crippen LogP contribution in [0.2, 0.25) is 0 Å². The Hall–Kier alpha value is -2.02. The Morgan fingerprint density at radius 3 is 1.33 bits per heavy atom. The molecule has 0 aromatic carbocycles. The van der Waals surface area contributed by atoms with Crippen molar-refractivity contribution in [2.75, 3.05) is 26.4 Å². The topological polar surface area (TPSA) is 231 Å². The van der Waals surface area contributed by atoms with Gasteiger partial charge in [-0.15, -0.1) is 0 Å². The van der Waals surface area contributed by atoms with Gasteiger partial charge >= 0.3 is 11.9 Å². The lowest BCUT2D eigenvalue weighted by Gasteiger charge is -2.42. The second-order valence-electron chi connectivity index (χ2n) is 20.5. The Morgan fingerprint density at radius 2 is 0.847 bits per heavy atom. The molecule has 11 atom stereocenters. The van der Waals surface area contributed by atoms with E-state index in [1.54, 1.807) is 0 Å². The quantitative estimate of drug-likeness (QED) is 0.0171. The number of aliphatic hydroxyl groups excluding tert-OH is 7. The lowest BCUT2D eigenvalue weighted by atomic mass is 9.98. The van der Waals surface area contributed by atoms with Gasteiger partial charge in [0, 0.05) is 12.8 Å². The number of allylic oxidation sites excluding steroid dienone is 4. The Morgan fingerprint density at radius 1 is 0.444 bits per heavy atom. The Kier molecular flexibility index (Phi) is 40.5. The molecule has 0 aliphatic carbocycles. The van der Waals surface area contributed by atoms with Crippen LogP contribution in [-0.4, -0.2) is 142 Å². The molecule has 15 heteroatoms. The predicted octanol–water partition coefficient (Wildman–Crippen LogP) is 9.50. The fraction of sp³-hybridized carbons (Fsp3) is 0.895. The van der Waals surface area contributed by atoms with Gasteiger partial charge in [-0.25, -0.2) is 0 Å². The van der Waals surface area contributed by atoms with Gasteiger partial charge < -0.3 is 64.2 Å². The van der Waals surface area contributed by atoms with Crippen molar-refractivity contribution in [1.29, 1.82) is 0 Å².